The minimum absolute atomic E-state index is 0.232. The van der Waals surface area contributed by atoms with Gasteiger partial charge in [-0.05, 0) is 89.4 Å². The van der Waals surface area contributed by atoms with Gasteiger partial charge >= 0.3 is 5.97 Å². The highest BCUT2D eigenvalue weighted by atomic mass is 19.1. The van der Waals surface area contributed by atoms with E-state index in [1.165, 1.54) is 12.1 Å². The van der Waals surface area contributed by atoms with E-state index in [0.717, 1.165) is 40.3 Å². The number of nitrogens with zero attached hydrogens (tertiary/aromatic N) is 3. The highest BCUT2D eigenvalue weighted by Gasteiger charge is 2.26. The number of fused-ring (bicyclic) bond motifs is 2. The Morgan fingerprint density at radius 1 is 0.900 bits per heavy atom. The number of hydrogen-bond acceptors (Lipinski definition) is 4. The van der Waals surface area contributed by atoms with Gasteiger partial charge in [0.25, 0.3) is 5.91 Å². The van der Waals surface area contributed by atoms with E-state index in [1.54, 1.807) is 16.8 Å². The monoisotopic (exact) mass is 536 g/mol. The lowest BCUT2D eigenvalue weighted by Crippen LogP contribution is -2.32. The molecule has 0 bridgehead atoms. The number of aromatic nitrogens is 3. The molecular formula is C32H29FN4O3. The van der Waals surface area contributed by atoms with E-state index in [1.807, 2.05) is 24.3 Å². The zero-order valence-electron chi connectivity index (χ0n) is 21.9. The van der Waals surface area contributed by atoms with Gasteiger partial charge in [-0.2, -0.15) is 0 Å². The summed E-state index contributed by atoms with van der Waals surface area (Å²) in [7, 11) is 0. The van der Waals surface area contributed by atoms with E-state index in [-0.39, 0.29) is 23.6 Å². The highest BCUT2D eigenvalue weighted by Crippen LogP contribution is 2.30. The van der Waals surface area contributed by atoms with Crippen LogP contribution in [0, 0.1) is 17.7 Å². The molecule has 6 rings (SSSR count). The number of nitrogens with one attached hydrogen (secondary N) is 1. The first kappa shape index (κ1) is 25.7. The van der Waals surface area contributed by atoms with Crippen molar-refractivity contribution in [3.05, 3.63) is 95.8 Å². The SMILES string of the molecule is O=C(NCC1CCC(C(=O)O)CC1)c1cc(-c2ccc(F)cc2)cc2nnn(Cc3ccc4ccccc4c3)c12. The number of rotatable bonds is 7. The number of carboxylic acid groups (broad SMARTS) is 1. The molecule has 1 saturated carbocycles. The summed E-state index contributed by atoms with van der Waals surface area (Å²) < 4.78 is 15.3. The molecule has 0 saturated heterocycles. The quantitative estimate of drug-likeness (QED) is 0.264. The number of carbonyl (C=O) groups is 2. The van der Waals surface area contributed by atoms with Crippen LogP contribution < -0.4 is 5.32 Å². The average Bonchev–Trinajstić information content (AvgIpc) is 3.38. The van der Waals surface area contributed by atoms with E-state index in [2.05, 4.69) is 46.0 Å². The van der Waals surface area contributed by atoms with Crippen molar-refractivity contribution < 1.29 is 19.1 Å². The Hall–Kier alpha value is -4.59. The molecule has 4 aromatic carbocycles. The second-order valence-corrected chi connectivity index (χ2v) is 10.6. The molecule has 0 spiro atoms. The van der Waals surface area contributed by atoms with Crippen molar-refractivity contribution in [1.82, 2.24) is 20.3 Å². The van der Waals surface area contributed by atoms with E-state index in [0.29, 0.717) is 42.5 Å². The van der Waals surface area contributed by atoms with Gasteiger partial charge < -0.3 is 10.4 Å². The molecule has 202 valence electrons. The van der Waals surface area contributed by atoms with Crippen LogP contribution >= 0.6 is 0 Å². The molecule has 1 aromatic heterocycles. The normalized spacial score (nSPS) is 17.2. The molecule has 2 N–H and O–H groups in total. The van der Waals surface area contributed by atoms with Gasteiger partial charge in [-0.25, -0.2) is 9.07 Å². The summed E-state index contributed by atoms with van der Waals surface area (Å²) in [5, 5.41) is 23.5. The van der Waals surface area contributed by atoms with Crippen molar-refractivity contribution in [3.63, 3.8) is 0 Å². The standard InChI is InChI=1S/C32H29FN4O3/c33-27-13-11-23(12-14-27)26-16-28(31(38)34-18-20-5-9-24(10-6-20)32(39)40)30-29(17-26)35-36-37(30)19-21-7-8-22-3-1-2-4-25(22)15-21/h1-4,7-8,11-17,20,24H,5-6,9-10,18-19H2,(H,34,38)(H,39,40). The van der Waals surface area contributed by atoms with Crippen molar-refractivity contribution in [2.45, 2.75) is 32.2 Å². The van der Waals surface area contributed by atoms with Crippen molar-refractivity contribution in [2.75, 3.05) is 6.54 Å². The van der Waals surface area contributed by atoms with E-state index < -0.39 is 5.97 Å². The first-order valence-electron chi connectivity index (χ1n) is 13.6. The fourth-order valence-corrected chi connectivity index (χ4v) is 5.66. The number of amides is 1. The summed E-state index contributed by atoms with van der Waals surface area (Å²) in [5.74, 6) is -1.38. The Bertz CT molecular complexity index is 1710. The highest BCUT2D eigenvalue weighted by molar-refractivity contribution is 6.06. The second-order valence-electron chi connectivity index (χ2n) is 10.6. The molecular weight excluding hydrogens is 507 g/mol. The van der Waals surface area contributed by atoms with Gasteiger partial charge in [0.05, 0.1) is 18.0 Å². The number of carbonyl (C=O) groups excluding carboxylic acids is 1. The minimum atomic E-state index is -0.741. The molecule has 1 heterocycles. The predicted molar refractivity (Wildman–Crippen MR) is 151 cm³/mol. The third-order valence-corrected chi connectivity index (χ3v) is 7.92. The molecule has 1 amide bonds. The largest absolute Gasteiger partial charge is 0.481 e. The number of hydrogen-bond donors (Lipinski definition) is 2. The number of carboxylic acids is 1. The van der Waals surface area contributed by atoms with Crippen molar-refractivity contribution in [3.8, 4) is 11.1 Å². The summed E-state index contributed by atoms with van der Waals surface area (Å²) in [6, 6.07) is 24.2. The van der Waals surface area contributed by atoms with Gasteiger partial charge in [0.1, 0.15) is 16.9 Å². The van der Waals surface area contributed by atoms with Gasteiger partial charge in [0, 0.05) is 6.54 Å². The summed E-state index contributed by atoms with van der Waals surface area (Å²) in [4.78, 5) is 25.0. The van der Waals surface area contributed by atoms with Gasteiger partial charge in [-0.15, -0.1) is 5.10 Å². The maximum atomic E-state index is 13.7. The summed E-state index contributed by atoms with van der Waals surface area (Å²) in [6.45, 7) is 0.913. The van der Waals surface area contributed by atoms with E-state index >= 15 is 0 Å². The third-order valence-electron chi connectivity index (χ3n) is 7.92. The summed E-state index contributed by atoms with van der Waals surface area (Å²) in [6.07, 6.45) is 2.79. The maximum Gasteiger partial charge on any atom is 0.306 e. The Balaban J connectivity index is 1.32. The zero-order valence-corrected chi connectivity index (χ0v) is 21.9. The fourth-order valence-electron chi connectivity index (χ4n) is 5.66. The molecule has 1 aliphatic rings. The lowest BCUT2D eigenvalue weighted by atomic mass is 9.82. The molecule has 8 heteroatoms. The van der Waals surface area contributed by atoms with Crippen molar-refractivity contribution >= 4 is 33.7 Å². The van der Waals surface area contributed by atoms with Crippen molar-refractivity contribution in [1.29, 1.82) is 0 Å². The predicted octanol–water partition coefficient (Wildman–Crippen LogP) is 6.06. The molecule has 5 aromatic rings. The first-order chi connectivity index (χ1) is 19.4. The van der Waals surface area contributed by atoms with Crippen LogP contribution in [-0.2, 0) is 11.3 Å². The fraction of sp³-hybridized carbons (Fsp3) is 0.250. The van der Waals surface area contributed by atoms with Gasteiger partial charge in [0.15, 0.2) is 0 Å². The maximum absolute atomic E-state index is 13.7. The molecule has 1 fully saturated rings. The lowest BCUT2D eigenvalue weighted by molar-refractivity contribution is -0.143. The van der Waals surface area contributed by atoms with Crippen LogP contribution in [0.25, 0.3) is 32.9 Å². The van der Waals surface area contributed by atoms with E-state index in [9.17, 15) is 19.1 Å². The number of halogens is 1. The van der Waals surface area contributed by atoms with Crippen LogP contribution in [0.3, 0.4) is 0 Å². The second kappa shape index (κ2) is 10.9. The minimum Gasteiger partial charge on any atom is -0.481 e. The zero-order chi connectivity index (χ0) is 27.6. The van der Waals surface area contributed by atoms with Crippen LogP contribution in [0.2, 0.25) is 0 Å². The van der Waals surface area contributed by atoms with Crippen molar-refractivity contribution in [2.24, 2.45) is 11.8 Å². The van der Waals surface area contributed by atoms with Crippen LogP contribution in [0.5, 0.6) is 0 Å². The third kappa shape index (κ3) is 5.30. The topological polar surface area (TPSA) is 97.1 Å². The molecule has 0 atom stereocenters. The van der Waals surface area contributed by atoms with Gasteiger partial charge in [0.2, 0.25) is 0 Å². The van der Waals surface area contributed by atoms with Gasteiger partial charge in [-0.3, -0.25) is 9.59 Å². The smallest absolute Gasteiger partial charge is 0.306 e. The summed E-state index contributed by atoms with van der Waals surface area (Å²) >= 11 is 0. The average molecular weight is 537 g/mol. The van der Waals surface area contributed by atoms with Crippen LogP contribution in [-0.4, -0.2) is 38.5 Å². The Kier molecular flexibility index (Phi) is 6.99. The van der Waals surface area contributed by atoms with Crippen LogP contribution in [0.15, 0.2) is 78.9 Å². The molecule has 1 aliphatic carbocycles. The Morgan fingerprint density at radius 2 is 1.65 bits per heavy atom. The molecule has 0 unspecified atom stereocenters. The molecule has 0 aliphatic heterocycles. The van der Waals surface area contributed by atoms with Crippen LogP contribution in [0.4, 0.5) is 4.39 Å². The first-order valence-corrected chi connectivity index (χ1v) is 13.6. The number of benzene rings is 4. The Morgan fingerprint density at radius 3 is 2.40 bits per heavy atom. The van der Waals surface area contributed by atoms with Crippen LogP contribution in [0.1, 0.15) is 41.6 Å². The van der Waals surface area contributed by atoms with Gasteiger partial charge in [-0.1, -0.05) is 53.7 Å². The number of aliphatic carboxylic acids is 1. The summed E-state index contributed by atoms with van der Waals surface area (Å²) in [5.41, 5.74) is 4.21. The molecule has 40 heavy (non-hydrogen) atoms. The Labute approximate surface area is 230 Å². The van der Waals surface area contributed by atoms with E-state index in [4.69, 9.17) is 0 Å². The lowest BCUT2D eigenvalue weighted by Gasteiger charge is -2.26. The molecule has 0 radical (unpaired) electrons. The molecule has 7 nitrogen and oxygen atoms in total.